The van der Waals surface area contributed by atoms with Gasteiger partial charge < -0.3 is 15.7 Å². The van der Waals surface area contributed by atoms with Crippen molar-refractivity contribution >= 4 is 34.4 Å². The van der Waals surface area contributed by atoms with Crippen LogP contribution >= 0.6 is 0 Å². The highest BCUT2D eigenvalue weighted by molar-refractivity contribution is 6.38. The lowest BCUT2D eigenvalue weighted by atomic mass is 10.1. The van der Waals surface area contributed by atoms with Crippen molar-refractivity contribution in [2.24, 2.45) is 15.9 Å². The van der Waals surface area contributed by atoms with Crippen LogP contribution in [-0.2, 0) is 0 Å². The summed E-state index contributed by atoms with van der Waals surface area (Å²) >= 11 is 0. The van der Waals surface area contributed by atoms with Gasteiger partial charge in [0.1, 0.15) is 11.5 Å². The number of pyridine rings is 1. The fourth-order valence-electron chi connectivity index (χ4n) is 3.77. The van der Waals surface area contributed by atoms with E-state index in [1.807, 2.05) is 4.90 Å². The van der Waals surface area contributed by atoms with Crippen molar-refractivity contribution < 1.29 is 9.18 Å². The third kappa shape index (κ3) is 4.23. The molecule has 158 valence electrons. The zero-order valence-electron chi connectivity index (χ0n) is 17.0. The molecule has 1 amide bonds. The minimum atomic E-state index is -0.414. The number of nitrogens with zero attached hydrogens (tertiary/aromatic N) is 3. The molecule has 0 saturated carbocycles. The number of H-pyrrole nitrogens is 1. The monoisotopic (exact) mass is 419 g/mol. The number of fused-ring (bicyclic) bond motifs is 1. The van der Waals surface area contributed by atoms with Gasteiger partial charge in [-0.2, -0.15) is 5.10 Å². The van der Waals surface area contributed by atoms with Gasteiger partial charge in [-0.1, -0.05) is 0 Å². The molecule has 31 heavy (non-hydrogen) atoms. The normalized spacial score (nSPS) is 17.0. The first-order chi connectivity index (χ1) is 15.0. The minimum absolute atomic E-state index is 0.0136. The molecule has 1 saturated heterocycles. The standard InChI is InChI=1S/C23H22FN5O2/c1-14-3-2-10-29(14)23(31)15-4-7-18(8-5-15)26-13-21(28-25)19-12-16-11-17(24)6-9-20(16)27-22(19)30/h4-9,11-14H,2-3,10,25H2,1H3,(H,27,30). The summed E-state index contributed by atoms with van der Waals surface area (Å²) in [5.74, 6) is 5.08. The molecule has 2 heterocycles. The van der Waals surface area contributed by atoms with Gasteiger partial charge in [0.25, 0.3) is 11.5 Å². The van der Waals surface area contributed by atoms with Crippen molar-refractivity contribution in [3.8, 4) is 0 Å². The Labute approximate surface area is 178 Å². The maximum Gasteiger partial charge on any atom is 0.258 e. The molecule has 0 aliphatic carbocycles. The summed E-state index contributed by atoms with van der Waals surface area (Å²) in [4.78, 5) is 33.9. The second kappa shape index (κ2) is 8.51. The van der Waals surface area contributed by atoms with Crippen LogP contribution in [0.5, 0.6) is 0 Å². The number of aromatic amines is 1. The van der Waals surface area contributed by atoms with Crippen LogP contribution < -0.4 is 11.4 Å². The number of rotatable bonds is 4. The van der Waals surface area contributed by atoms with E-state index in [0.29, 0.717) is 22.2 Å². The number of benzene rings is 2. The Bertz CT molecular complexity index is 1250. The van der Waals surface area contributed by atoms with Crippen molar-refractivity contribution in [1.29, 1.82) is 0 Å². The highest BCUT2D eigenvalue weighted by atomic mass is 19.1. The Balaban J connectivity index is 1.56. The van der Waals surface area contributed by atoms with Crippen LogP contribution in [0.1, 0.15) is 35.7 Å². The SMILES string of the molecule is CC1CCCN1C(=O)c1ccc(N=CC(=NN)c2cc3cc(F)ccc3[nH]c2=O)cc1. The Morgan fingerprint density at radius 2 is 2.00 bits per heavy atom. The van der Waals surface area contributed by atoms with Gasteiger partial charge in [0.05, 0.1) is 17.5 Å². The summed E-state index contributed by atoms with van der Waals surface area (Å²) in [6.45, 7) is 2.83. The van der Waals surface area contributed by atoms with Crippen LogP contribution in [-0.4, -0.2) is 40.3 Å². The van der Waals surface area contributed by atoms with E-state index in [-0.39, 0.29) is 23.2 Å². The minimum Gasteiger partial charge on any atom is -0.336 e. The molecule has 0 bridgehead atoms. The molecule has 1 atom stereocenters. The van der Waals surface area contributed by atoms with E-state index < -0.39 is 11.4 Å². The van der Waals surface area contributed by atoms with Crippen molar-refractivity contribution in [3.05, 3.63) is 75.8 Å². The summed E-state index contributed by atoms with van der Waals surface area (Å²) in [5.41, 5.74) is 1.62. The first kappa shape index (κ1) is 20.5. The zero-order chi connectivity index (χ0) is 22.0. The van der Waals surface area contributed by atoms with E-state index in [0.717, 1.165) is 19.4 Å². The van der Waals surface area contributed by atoms with Crippen LogP contribution in [0.25, 0.3) is 10.9 Å². The number of aliphatic imine (C=N–C) groups is 1. The van der Waals surface area contributed by atoms with Gasteiger partial charge in [-0.05, 0) is 68.3 Å². The lowest BCUT2D eigenvalue weighted by Crippen LogP contribution is -2.33. The maximum atomic E-state index is 13.5. The number of aromatic nitrogens is 1. The molecular formula is C23H22FN5O2. The molecule has 7 nitrogen and oxygen atoms in total. The summed E-state index contributed by atoms with van der Waals surface area (Å²) in [7, 11) is 0. The molecule has 2 aromatic carbocycles. The van der Waals surface area contributed by atoms with Crippen LogP contribution in [0, 0.1) is 5.82 Å². The number of nitrogens with two attached hydrogens (primary N) is 1. The first-order valence-corrected chi connectivity index (χ1v) is 10.0. The van der Waals surface area contributed by atoms with E-state index in [1.165, 1.54) is 30.5 Å². The lowest BCUT2D eigenvalue weighted by Gasteiger charge is -2.21. The van der Waals surface area contributed by atoms with Gasteiger partial charge in [-0.3, -0.25) is 14.6 Å². The molecule has 3 aromatic rings. The maximum absolute atomic E-state index is 13.5. The fraction of sp³-hybridized carbons (Fsp3) is 0.217. The third-order valence-electron chi connectivity index (χ3n) is 5.49. The number of carbonyl (C=O) groups excluding carboxylic acids is 1. The van der Waals surface area contributed by atoms with Crippen molar-refractivity contribution in [3.63, 3.8) is 0 Å². The number of amides is 1. The van der Waals surface area contributed by atoms with Crippen LogP contribution in [0.15, 0.2) is 63.4 Å². The van der Waals surface area contributed by atoms with E-state index in [4.69, 9.17) is 5.84 Å². The Hall–Kier alpha value is -3.81. The molecule has 1 aliphatic heterocycles. The molecule has 0 spiro atoms. The van der Waals surface area contributed by atoms with E-state index in [2.05, 4.69) is 22.0 Å². The molecule has 3 N–H and O–H groups in total. The van der Waals surface area contributed by atoms with Crippen molar-refractivity contribution in [1.82, 2.24) is 9.88 Å². The van der Waals surface area contributed by atoms with E-state index in [1.54, 1.807) is 24.3 Å². The molecule has 1 aliphatic rings. The highest BCUT2D eigenvalue weighted by Crippen LogP contribution is 2.21. The number of likely N-dealkylation sites (tertiary alicyclic amines) is 1. The quantitative estimate of drug-likeness (QED) is 0.385. The summed E-state index contributed by atoms with van der Waals surface area (Å²) in [6.07, 6.45) is 3.42. The van der Waals surface area contributed by atoms with Crippen LogP contribution in [0.3, 0.4) is 0 Å². The Kier molecular flexibility index (Phi) is 5.62. The number of hydrogen-bond donors (Lipinski definition) is 2. The molecule has 1 fully saturated rings. The average molecular weight is 419 g/mol. The Morgan fingerprint density at radius 1 is 1.23 bits per heavy atom. The molecule has 1 aromatic heterocycles. The second-order valence-corrected chi connectivity index (χ2v) is 7.55. The number of carbonyl (C=O) groups is 1. The van der Waals surface area contributed by atoms with Gasteiger partial charge in [-0.15, -0.1) is 0 Å². The average Bonchev–Trinajstić information content (AvgIpc) is 3.20. The summed E-state index contributed by atoms with van der Waals surface area (Å²) in [6, 6.07) is 12.8. The fourth-order valence-corrected chi connectivity index (χ4v) is 3.77. The Morgan fingerprint density at radius 3 is 2.68 bits per heavy atom. The molecule has 1 unspecified atom stereocenters. The molecule has 0 radical (unpaired) electrons. The van der Waals surface area contributed by atoms with E-state index >= 15 is 0 Å². The molecule has 4 rings (SSSR count). The van der Waals surface area contributed by atoms with Crippen molar-refractivity contribution in [2.75, 3.05) is 6.54 Å². The number of hydrogen-bond acceptors (Lipinski definition) is 5. The van der Waals surface area contributed by atoms with Crippen LogP contribution in [0.4, 0.5) is 10.1 Å². The third-order valence-corrected chi connectivity index (χ3v) is 5.49. The van der Waals surface area contributed by atoms with Gasteiger partial charge in [0.15, 0.2) is 0 Å². The smallest absolute Gasteiger partial charge is 0.258 e. The predicted octanol–water partition coefficient (Wildman–Crippen LogP) is 3.36. The largest absolute Gasteiger partial charge is 0.336 e. The summed E-state index contributed by atoms with van der Waals surface area (Å²) < 4.78 is 13.5. The number of halogens is 1. The molecule has 8 heteroatoms. The van der Waals surface area contributed by atoms with Gasteiger partial charge >= 0.3 is 0 Å². The predicted molar refractivity (Wildman–Crippen MR) is 120 cm³/mol. The van der Waals surface area contributed by atoms with E-state index in [9.17, 15) is 14.0 Å². The highest BCUT2D eigenvalue weighted by Gasteiger charge is 2.25. The topological polar surface area (TPSA) is 104 Å². The van der Waals surface area contributed by atoms with Gasteiger partial charge in [-0.25, -0.2) is 4.39 Å². The zero-order valence-corrected chi connectivity index (χ0v) is 17.0. The van der Waals surface area contributed by atoms with Gasteiger partial charge in [0.2, 0.25) is 0 Å². The van der Waals surface area contributed by atoms with Crippen LogP contribution in [0.2, 0.25) is 0 Å². The second-order valence-electron chi connectivity index (χ2n) is 7.55. The number of hydrazone groups is 1. The van der Waals surface area contributed by atoms with Crippen molar-refractivity contribution in [2.45, 2.75) is 25.8 Å². The summed E-state index contributed by atoms with van der Waals surface area (Å²) in [5, 5.41) is 4.18. The lowest BCUT2D eigenvalue weighted by molar-refractivity contribution is 0.0747. The van der Waals surface area contributed by atoms with Gasteiger partial charge in [0, 0.05) is 29.1 Å². The number of nitrogens with one attached hydrogen (secondary N) is 1. The molecular weight excluding hydrogens is 397 g/mol. The first-order valence-electron chi connectivity index (χ1n) is 10.0.